The average molecular weight is 208 g/mol. The van der Waals surface area contributed by atoms with Gasteiger partial charge in [0.05, 0.1) is 12.3 Å². The molecule has 1 aromatic rings. The highest BCUT2D eigenvalue weighted by atomic mass is 16.3. The Hall–Kier alpha value is -0.800. The van der Waals surface area contributed by atoms with E-state index in [1.165, 1.54) is 19.4 Å². The van der Waals surface area contributed by atoms with Crippen molar-refractivity contribution in [1.82, 2.24) is 4.90 Å². The molecule has 1 atom stereocenters. The lowest BCUT2D eigenvalue weighted by Gasteiger charge is -2.28. The van der Waals surface area contributed by atoms with E-state index in [0.29, 0.717) is 6.54 Å². The highest BCUT2D eigenvalue weighted by Crippen LogP contribution is 2.32. The molecular weight excluding hydrogens is 188 g/mol. The van der Waals surface area contributed by atoms with Crippen molar-refractivity contribution in [3.63, 3.8) is 0 Å². The Bertz CT molecular complexity index is 280. The zero-order chi connectivity index (χ0) is 10.7. The van der Waals surface area contributed by atoms with Crippen molar-refractivity contribution in [3.8, 4) is 0 Å². The number of nitrogens with zero attached hydrogens (tertiary/aromatic N) is 1. The van der Waals surface area contributed by atoms with Crippen molar-refractivity contribution < 1.29 is 4.42 Å². The maximum atomic E-state index is 5.83. The summed E-state index contributed by atoms with van der Waals surface area (Å²) in [6, 6.07) is 4.21. The van der Waals surface area contributed by atoms with Gasteiger partial charge >= 0.3 is 0 Å². The van der Waals surface area contributed by atoms with Gasteiger partial charge in [0.25, 0.3) is 0 Å². The summed E-state index contributed by atoms with van der Waals surface area (Å²) in [6.07, 6.45) is 4.49. The summed E-state index contributed by atoms with van der Waals surface area (Å²) < 4.78 is 5.45. The maximum Gasteiger partial charge on any atom is 0.122 e. The first-order chi connectivity index (χ1) is 7.35. The Morgan fingerprint density at radius 1 is 1.60 bits per heavy atom. The molecule has 1 aromatic heterocycles. The Morgan fingerprint density at radius 3 is 2.87 bits per heavy atom. The van der Waals surface area contributed by atoms with Crippen LogP contribution in [0.3, 0.4) is 0 Å². The Kier molecular flexibility index (Phi) is 3.44. The molecule has 3 heteroatoms. The van der Waals surface area contributed by atoms with Gasteiger partial charge in [0, 0.05) is 13.1 Å². The van der Waals surface area contributed by atoms with E-state index in [0.717, 1.165) is 18.2 Å². The monoisotopic (exact) mass is 208 g/mol. The highest BCUT2D eigenvalue weighted by Gasteiger charge is 2.28. The van der Waals surface area contributed by atoms with Crippen molar-refractivity contribution in [1.29, 1.82) is 0 Å². The summed E-state index contributed by atoms with van der Waals surface area (Å²) in [7, 11) is 0. The van der Waals surface area contributed by atoms with Gasteiger partial charge in [0.15, 0.2) is 0 Å². The van der Waals surface area contributed by atoms with E-state index in [2.05, 4.69) is 11.8 Å². The summed E-state index contributed by atoms with van der Waals surface area (Å²) in [4.78, 5) is 2.43. The Labute approximate surface area is 91.2 Å². The van der Waals surface area contributed by atoms with E-state index >= 15 is 0 Å². The predicted molar refractivity (Wildman–Crippen MR) is 60.5 cm³/mol. The largest absolute Gasteiger partial charge is 0.468 e. The number of nitrogens with two attached hydrogens (primary N) is 1. The fraction of sp³-hybridized carbons (Fsp3) is 0.667. The van der Waals surface area contributed by atoms with E-state index in [-0.39, 0.29) is 6.04 Å². The first kappa shape index (κ1) is 10.7. The van der Waals surface area contributed by atoms with Crippen molar-refractivity contribution in [2.24, 2.45) is 11.7 Å². The first-order valence-corrected chi connectivity index (χ1v) is 5.82. The summed E-state index contributed by atoms with van der Waals surface area (Å²) in [6.45, 7) is 5.03. The van der Waals surface area contributed by atoms with Gasteiger partial charge in [-0.15, -0.1) is 0 Å². The van der Waals surface area contributed by atoms with Gasteiger partial charge < -0.3 is 10.2 Å². The molecule has 15 heavy (non-hydrogen) atoms. The second-order valence-electron chi connectivity index (χ2n) is 4.30. The normalized spacial score (nSPS) is 18.3. The maximum absolute atomic E-state index is 5.83. The van der Waals surface area contributed by atoms with Crippen LogP contribution in [0.4, 0.5) is 0 Å². The second kappa shape index (κ2) is 4.81. The van der Waals surface area contributed by atoms with E-state index in [1.807, 2.05) is 12.1 Å². The van der Waals surface area contributed by atoms with Gasteiger partial charge in [0.1, 0.15) is 5.76 Å². The fourth-order valence-electron chi connectivity index (χ4n) is 2.03. The Morgan fingerprint density at radius 2 is 2.40 bits per heavy atom. The van der Waals surface area contributed by atoms with E-state index in [1.54, 1.807) is 6.26 Å². The molecule has 3 nitrogen and oxygen atoms in total. The molecule has 2 rings (SSSR count). The van der Waals surface area contributed by atoms with Gasteiger partial charge in [-0.3, -0.25) is 4.90 Å². The molecule has 1 aliphatic carbocycles. The molecule has 0 bridgehead atoms. The van der Waals surface area contributed by atoms with E-state index < -0.39 is 0 Å². The topological polar surface area (TPSA) is 42.4 Å². The van der Waals surface area contributed by atoms with Crippen LogP contribution in [0, 0.1) is 5.92 Å². The van der Waals surface area contributed by atoms with Crippen molar-refractivity contribution in [2.45, 2.75) is 25.8 Å². The molecule has 1 fully saturated rings. The minimum Gasteiger partial charge on any atom is -0.468 e. The van der Waals surface area contributed by atoms with Crippen LogP contribution in [0.5, 0.6) is 0 Å². The van der Waals surface area contributed by atoms with E-state index in [9.17, 15) is 0 Å². The van der Waals surface area contributed by atoms with Gasteiger partial charge in [-0.1, -0.05) is 6.92 Å². The van der Waals surface area contributed by atoms with Crippen LogP contribution in [-0.2, 0) is 0 Å². The molecule has 1 aliphatic rings. The standard InChI is InChI=1S/C12H20N2O/c1-2-14(9-10-5-6-10)11(8-13)12-4-3-7-15-12/h3-4,7,10-11H,2,5-6,8-9,13H2,1H3. The summed E-state index contributed by atoms with van der Waals surface area (Å²) >= 11 is 0. The molecule has 1 heterocycles. The Balaban J connectivity index is 2.01. The minimum absolute atomic E-state index is 0.255. The van der Waals surface area contributed by atoms with Crippen LogP contribution < -0.4 is 5.73 Å². The molecule has 0 saturated heterocycles. The first-order valence-electron chi connectivity index (χ1n) is 5.82. The van der Waals surface area contributed by atoms with Crippen molar-refractivity contribution in [3.05, 3.63) is 24.2 Å². The number of furan rings is 1. The lowest BCUT2D eigenvalue weighted by molar-refractivity contribution is 0.181. The molecule has 0 radical (unpaired) electrons. The molecule has 0 amide bonds. The third kappa shape index (κ3) is 2.61. The second-order valence-corrected chi connectivity index (χ2v) is 4.30. The summed E-state index contributed by atoms with van der Waals surface area (Å²) in [5.74, 6) is 1.90. The van der Waals surface area contributed by atoms with Crippen LogP contribution in [-0.4, -0.2) is 24.5 Å². The van der Waals surface area contributed by atoms with Gasteiger partial charge in [-0.2, -0.15) is 0 Å². The van der Waals surface area contributed by atoms with Crippen molar-refractivity contribution in [2.75, 3.05) is 19.6 Å². The molecule has 0 aromatic carbocycles. The molecule has 1 saturated carbocycles. The highest BCUT2D eigenvalue weighted by molar-refractivity contribution is 5.05. The minimum atomic E-state index is 0.255. The quantitative estimate of drug-likeness (QED) is 0.777. The number of rotatable bonds is 6. The molecule has 84 valence electrons. The molecule has 2 N–H and O–H groups in total. The lowest BCUT2D eigenvalue weighted by atomic mass is 10.1. The zero-order valence-corrected chi connectivity index (χ0v) is 9.36. The van der Waals surface area contributed by atoms with E-state index in [4.69, 9.17) is 10.2 Å². The van der Waals surface area contributed by atoms with Gasteiger partial charge in [0.2, 0.25) is 0 Å². The van der Waals surface area contributed by atoms with Crippen LogP contribution >= 0.6 is 0 Å². The van der Waals surface area contributed by atoms with Crippen LogP contribution in [0.1, 0.15) is 31.6 Å². The molecule has 1 unspecified atom stereocenters. The average Bonchev–Trinajstić information content (AvgIpc) is 2.91. The van der Waals surface area contributed by atoms with Crippen molar-refractivity contribution >= 4 is 0 Å². The number of hydrogen-bond acceptors (Lipinski definition) is 3. The lowest BCUT2D eigenvalue weighted by Crippen LogP contribution is -2.34. The van der Waals surface area contributed by atoms with Crippen LogP contribution in [0.2, 0.25) is 0 Å². The van der Waals surface area contributed by atoms with Crippen LogP contribution in [0.15, 0.2) is 22.8 Å². The summed E-state index contributed by atoms with van der Waals surface area (Å²) in [5, 5.41) is 0. The molecular formula is C12H20N2O. The molecule has 0 spiro atoms. The SMILES string of the molecule is CCN(CC1CC1)C(CN)c1ccco1. The smallest absolute Gasteiger partial charge is 0.122 e. The molecule has 0 aliphatic heterocycles. The number of likely N-dealkylation sites (N-methyl/N-ethyl adjacent to an activating group) is 1. The third-order valence-electron chi connectivity index (χ3n) is 3.13. The third-order valence-corrected chi connectivity index (χ3v) is 3.13. The van der Waals surface area contributed by atoms with Crippen LogP contribution in [0.25, 0.3) is 0 Å². The fourth-order valence-corrected chi connectivity index (χ4v) is 2.03. The number of hydrogen-bond donors (Lipinski definition) is 1. The van der Waals surface area contributed by atoms with Gasteiger partial charge in [-0.25, -0.2) is 0 Å². The summed E-state index contributed by atoms with van der Waals surface area (Å²) in [5.41, 5.74) is 5.83. The predicted octanol–water partition coefficient (Wildman–Crippen LogP) is 2.01. The van der Waals surface area contributed by atoms with Gasteiger partial charge in [-0.05, 0) is 37.4 Å². The zero-order valence-electron chi connectivity index (χ0n) is 9.36.